The Morgan fingerprint density at radius 3 is 1.85 bits per heavy atom. The number of aryl methyl sites for hydroxylation is 1. The molecule has 8 aromatic rings. The Hall–Kier alpha value is -5.71. The third kappa shape index (κ3) is 4.71. The van der Waals surface area contributed by atoms with E-state index < -0.39 is 8.07 Å². The minimum Gasteiger partial charge on any atom is -0.255 e. The maximum absolute atomic E-state index is 5.17. The molecule has 0 spiro atoms. The molecule has 0 unspecified atom stereocenters. The van der Waals surface area contributed by atoms with E-state index in [1.165, 1.54) is 26.3 Å². The molecule has 0 amide bonds. The van der Waals surface area contributed by atoms with Gasteiger partial charge in [0.25, 0.3) is 0 Å². The molecule has 0 aliphatic rings. The molecule has 0 fully saturated rings. The summed E-state index contributed by atoms with van der Waals surface area (Å²) >= 11 is 0. The summed E-state index contributed by atoms with van der Waals surface area (Å²) in [6.45, 7) is 2.19. The standard InChI is InChI=1S/C42H31N3Si/c1-30-13-10-20-35(27-30)46(33-16-4-2-5-17-33,34-18-6-3-7-19-34)36-21-11-14-32(28-36)38-29-40(39-22-8-9-25-43-39)45-42-37(38)24-23-31-15-12-26-44-41(31)42/h2-29H,1H3. The Morgan fingerprint density at radius 2 is 1.13 bits per heavy atom. The van der Waals surface area contributed by atoms with Gasteiger partial charge in [-0.3, -0.25) is 9.97 Å². The van der Waals surface area contributed by atoms with Crippen LogP contribution in [-0.4, -0.2) is 23.0 Å². The van der Waals surface area contributed by atoms with E-state index in [9.17, 15) is 0 Å². The van der Waals surface area contributed by atoms with Gasteiger partial charge in [0.05, 0.1) is 22.4 Å². The molecule has 0 aliphatic carbocycles. The van der Waals surface area contributed by atoms with Crippen molar-refractivity contribution in [2.75, 3.05) is 0 Å². The van der Waals surface area contributed by atoms with E-state index in [-0.39, 0.29) is 0 Å². The fourth-order valence-electron chi connectivity index (χ4n) is 6.89. The molecule has 0 atom stereocenters. The number of hydrogen-bond acceptors (Lipinski definition) is 3. The number of benzene rings is 5. The molecule has 0 N–H and O–H groups in total. The van der Waals surface area contributed by atoms with Gasteiger partial charge in [0.1, 0.15) is 0 Å². The molecule has 4 heteroatoms. The monoisotopic (exact) mass is 605 g/mol. The zero-order chi connectivity index (χ0) is 30.9. The molecule has 3 nitrogen and oxygen atoms in total. The highest BCUT2D eigenvalue weighted by Gasteiger charge is 2.41. The third-order valence-corrected chi connectivity index (χ3v) is 13.7. The van der Waals surface area contributed by atoms with Crippen LogP contribution in [0.4, 0.5) is 0 Å². The largest absolute Gasteiger partial charge is 0.255 e. The molecular formula is C42H31N3Si. The van der Waals surface area contributed by atoms with E-state index >= 15 is 0 Å². The molecule has 0 radical (unpaired) electrons. The van der Waals surface area contributed by atoms with E-state index in [2.05, 4.69) is 145 Å². The number of fused-ring (bicyclic) bond motifs is 3. The maximum atomic E-state index is 5.17. The van der Waals surface area contributed by atoms with E-state index in [4.69, 9.17) is 9.97 Å². The Kier molecular flexibility index (Phi) is 7.05. The second-order valence-electron chi connectivity index (χ2n) is 11.7. The van der Waals surface area contributed by atoms with Gasteiger partial charge in [-0.2, -0.15) is 0 Å². The van der Waals surface area contributed by atoms with E-state index in [0.717, 1.165) is 44.3 Å². The van der Waals surface area contributed by atoms with Crippen LogP contribution in [-0.2, 0) is 0 Å². The van der Waals surface area contributed by atoms with Crippen LogP contribution in [0.1, 0.15) is 5.56 Å². The first-order chi connectivity index (χ1) is 22.7. The second kappa shape index (κ2) is 11.7. The van der Waals surface area contributed by atoms with Crippen LogP contribution in [0.2, 0.25) is 0 Å². The number of hydrogen-bond donors (Lipinski definition) is 0. The first-order valence-corrected chi connectivity index (χ1v) is 17.6. The van der Waals surface area contributed by atoms with Crippen molar-refractivity contribution in [3.63, 3.8) is 0 Å². The van der Waals surface area contributed by atoms with Crippen LogP contribution >= 0.6 is 0 Å². The predicted octanol–water partition coefficient (Wildman–Crippen LogP) is 7.20. The summed E-state index contributed by atoms with van der Waals surface area (Å²) in [6.07, 6.45) is 3.67. The average molecular weight is 606 g/mol. The molecule has 8 rings (SSSR count). The molecule has 0 saturated heterocycles. The lowest BCUT2D eigenvalue weighted by molar-refractivity contribution is 1.27. The van der Waals surface area contributed by atoms with Gasteiger partial charge in [0.2, 0.25) is 0 Å². The first kappa shape index (κ1) is 27.8. The summed E-state index contributed by atoms with van der Waals surface area (Å²) in [6, 6.07) is 57.1. The quantitative estimate of drug-likeness (QED) is 0.114. The van der Waals surface area contributed by atoms with Crippen molar-refractivity contribution in [2.24, 2.45) is 0 Å². The third-order valence-electron chi connectivity index (χ3n) is 8.95. The van der Waals surface area contributed by atoms with Crippen molar-refractivity contribution in [3.05, 3.63) is 176 Å². The maximum Gasteiger partial charge on any atom is 0.179 e. The summed E-state index contributed by atoms with van der Waals surface area (Å²) in [4.78, 5) is 14.6. The van der Waals surface area contributed by atoms with Crippen molar-refractivity contribution in [1.82, 2.24) is 15.0 Å². The molecule has 46 heavy (non-hydrogen) atoms. The molecule has 3 heterocycles. The normalized spacial score (nSPS) is 11.6. The molecule has 5 aromatic carbocycles. The fourth-order valence-corrected chi connectivity index (χ4v) is 11.8. The van der Waals surface area contributed by atoms with Crippen LogP contribution in [0.5, 0.6) is 0 Å². The summed E-state index contributed by atoms with van der Waals surface area (Å²) < 4.78 is 0. The highest BCUT2D eigenvalue weighted by atomic mass is 28.3. The minimum atomic E-state index is -2.72. The summed E-state index contributed by atoms with van der Waals surface area (Å²) in [5, 5.41) is 7.55. The van der Waals surface area contributed by atoms with Gasteiger partial charge in [0.15, 0.2) is 8.07 Å². The minimum absolute atomic E-state index is 0.833. The Labute approximate surface area is 269 Å². The first-order valence-electron chi connectivity index (χ1n) is 15.6. The highest BCUT2D eigenvalue weighted by Crippen LogP contribution is 2.34. The molecule has 0 saturated carbocycles. The molecule has 218 valence electrons. The molecule has 0 aliphatic heterocycles. The number of aromatic nitrogens is 3. The van der Waals surface area contributed by atoms with Crippen molar-refractivity contribution >= 4 is 50.6 Å². The number of pyridine rings is 3. The van der Waals surface area contributed by atoms with Gasteiger partial charge in [-0.25, -0.2) is 4.98 Å². The predicted molar refractivity (Wildman–Crippen MR) is 194 cm³/mol. The molecule has 0 bridgehead atoms. The van der Waals surface area contributed by atoms with Crippen LogP contribution in [0.3, 0.4) is 0 Å². The molecule has 3 aromatic heterocycles. The van der Waals surface area contributed by atoms with Crippen molar-refractivity contribution in [1.29, 1.82) is 0 Å². The fraction of sp³-hybridized carbons (Fsp3) is 0.0238. The van der Waals surface area contributed by atoms with Gasteiger partial charge in [-0.05, 0) is 63.1 Å². The lowest BCUT2D eigenvalue weighted by Crippen LogP contribution is -2.74. The van der Waals surface area contributed by atoms with Gasteiger partial charge in [0, 0.05) is 23.2 Å². The topological polar surface area (TPSA) is 38.7 Å². The number of rotatable bonds is 6. The van der Waals surface area contributed by atoms with Gasteiger partial charge in [-0.1, -0.05) is 139 Å². The van der Waals surface area contributed by atoms with Crippen molar-refractivity contribution in [3.8, 4) is 22.5 Å². The highest BCUT2D eigenvalue weighted by molar-refractivity contribution is 7.19. The van der Waals surface area contributed by atoms with E-state index in [1.54, 1.807) is 0 Å². The van der Waals surface area contributed by atoms with Gasteiger partial charge in [-0.15, -0.1) is 0 Å². The summed E-state index contributed by atoms with van der Waals surface area (Å²) in [7, 11) is -2.72. The smallest absolute Gasteiger partial charge is 0.179 e. The van der Waals surface area contributed by atoms with Gasteiger partial charge < -0.3 is 0 Å². The number of nitrogens with zero attached hydrogens (tertiary/aromatic N) is 3. The van der Waals surface area contributed by atoms with Crippen LogP contribution in [0.25, 0.3) is 44.3 Å². The van der Waals surface area contributed by atoms with Crippen molar-refractivity contribution in [2.45, 2.75) is 6.92 Å². The average Bonchev–Trinajstić information content (AvgIpc) is 3.13. The SMILES string of the molecule is Cc1cccc([Si](c2ccccc2)(c2ccccc2)c2cccc(-c3cc(-c4ccccn4)nc4c3ccc3cccnc34)c2)c1. The van der Waals surface area contributed by atoms with Crippen molar-refractivity contribution < 1.29 is 0 Å². The lowest BCUT2D eigenvalue weighted by atomic mass is 9.98. The van der Waals surface area contributed by atoms with Crippen LogP contribution in [0.15, 0.2) is 170 Å². The van der Waals surface area contributed by atoms with E-state index in [1.807, 2.05) is 36.7 Å². The Bertz CT molecular complexity index is 2280. The van der Waals surface area contributed by atoms with E-state index in [0.29, 0.717) is 0 Å². The second-order valence-corrected chi connectivity index (χ2v) is 15.5. The Balaban J connectivity index is 1.45. The van der Waals surface area contributed by atoms with Crippen LogP contribution < -0.4 is 20.7 Å². The zero-order valence-electron chi connectivity index (χ0n) is 25.5. The summed E-state index contributed by atoms with van der Waals surface area (Å²) in [5.41, 5.74) is 6.98. The summed E-state index contributed by atoms with van der Waals surface area (Å²) in [5.74, 6) is 0. The van der Waals surface area contributed by atoms with Gasteiger partial charge >= 0.3 is 0 Å². The van der Waals surface area contributed by atoms with Crippen LogP contribution in [0, 0.1) is 6.92 Å². The molecular weight excluding hydrogens is 575 g/mol. The zero-order valence-corrected chi connectivity index (χ0v) is 26.5. The lowest BCUT2D eigenvalue weighted by Gasteiger charge is -2.35. The Morgan fingerprint density at radius 1 is 0.457 bits per heavy atom.